The minimum atomic E-state index is -3.75. The number of aromatic nitrogens is 2. The molecule has 0 spiro atoms. The first kappa shape index (κ1) is 14.5. The van der Waals surface area contributed by atoms with Crippen molar-refractivity contribution in [1.82, 2.24) is 14.4 Å². The van der Waals surface area contributed by atoms with Crippen LogP contribution in [0, 0.1) is 6.92 Å². The number of hydrogen-bond acceptors (Lipinski definition) is 6. The third kappa shape index (κ3) is 2.55. The summed E-state index contributed by atoms with van der Waals surface area (Å²) in [7, 11) is -2.20. The Bertz CT molecular complexity index is 996. The van der Waals surface area contributed by atoms with Gasteiger partial charge >= 0.3 is 5.76 Å². The summed E-state index contributed by atoms with van der Waals surface area (Å²) in [6.45, 7) is 1.73. The largest absolute Gasteiger partial charge is 0.419 e. The van der Waals surface area contributed by atoms with Gasteiger partial charge in [-0.3, -0.25) is 4.57 Å². The predicted molar refractivity (Wildman–Crippen MR) is 76.7 cm³/mol. The van der Waals surface area contributed by atoms with Crippen LogP contribution in [0.3, 0.4) is 0 Å². The van der Waals surface area contributed by atoms with Crippen LogP contribution in [0.4, 0.5) is 0 Å². The molecule has 0 aliphatic carbocycles. The van der Waals surface area contributed by atoms with Crippen molar-refractivity contribution in [3.05, 3.63) is 46.3 Å². The van der Waals surface area contributed by atoms with Crippen LogP contribution in [0.1, 0.15) is 11.5 Å². The minimum absolute atomic E-state index is 0.00886. The molecular weight excluding hydrogens is 310 g/mol. The van der Waals surface area contributed by atoms with E-state index in [1.165, 1.54) is 22.8 Å². The van der Waals surface area contributed by atoms with Crippen molar-refractivity contribution in [2.45, 2.75) is 18.4 Å². The summed E-state index contributed by atoms with van der Waals surface area (Å²) in [6, 6.07) is 5.89. The molecule has 3 aromatic rings. The van der Waals surface area contributed by atoms with Gasteiger partial charge in [0, 0.05) is 19.2 Å². The van der Waals surface area contributed by atoms with Gasteiger partial charge in [-0.05, 0) is 19.1 Å². The fourth-order valence-electron chi connectivity index (χ4n) is 2.03. The zero-order chi connectivity index (χ0) is 15.9. The molecule has 2 aromatic heterocycles. The van der Waals surface area contributed by atoms with Gasteiger partial charge in [-0.25, -0.2) is 17.9 Å². The first-order valence-corrected chi connectivity index (χ1v) is 7.86. The van der Waals surface area contributed by atoms with Gasteiger partial charge in [-0.1, -0.05) is 5.16 Å². The van der Waals surface area contributed by atoms with E-state index in [4.69, 9.17) is 8.94 Å². The van der Waals surface area contributed by atoms with E-state index >= 15 is 0 Å². The minimum Gasteiger partial charge on any atom is -0.408 e. The molecule has 1 N–H and O–H groups in total. The van der Waals surface area contributed by atoms with E-state index in [-0.39, 0.29) is 17.0 Å². The summed E-state index contributed by atoms with van der Waals surface area (Å²) in [5, 5.41) is 3.71. The van der Waals surface area contributed by atoms with Gasteiger partial charge < -0.3 is 8.94 Å². The zero-order valence-electron chi connectivity index (χ0n) is 11.9. The zero-order valence-corrected chi connectivity index (χ0v) is 12.7. The summed E-state index contributed by atoms with van der Waals surface area (Å²) in [5.41, 5.74) is 1.22. The molecule has 116 valence electrons. The van der Waals surface area contributed by atoms with Gasteiger partial charge in [0.1, 0.15) is 5.76 Å². The molecule has 0 bridgehead atoms. The van der Waals surface area contributed by atoms with Crippen molar-refractivity contribution in [2.75, 3.05) is 0 Å². The second kappa shape index (κ2) is 5.11. The summed E-state index contributed by atoms with van der Waals surface area (Å²) >= 11 is 0. The van der Waals surface area contributed by atoms with E-state index in [1.54, 1.807) is 20.0 Å². The lowest BCUT2D eigenvalue weighted by Gasteiger charge is -2.04. The maximum absolute atomic E-state index is 12.3. The van der Waals surface area contributed by atoms with E-state index in [0.29, 0.717) is 17.0 Å². The van der Waals surface area contributed by atoms with Gasteiger partial charge in [-0.2, -0.15) is 0 Å². The first-order valence-electron chi connectivity index (χ1n) is 6.38. The molecule has 9 heteroatoms. The molecule has 0 fully saturated rings. The van der Waals surface area contributed by atoms with Crippen LogP contribution in [0.2, 0.25) is 0 Å². The molecule has 0 aliphatic rings. The normalized spacial score (nSPS) is 12.1. The Labute approximate surface area is 125 Å². The molecule has 1 aromatic carbocycles. The SMILES string of the molecule is Cc1cc(CNS(=O)(=O)c2ccc3c(c2)oc(=O)n3C)no1. The number of hydrogen-bond donors (Lipinski definition) is 1. The average molecular weight is 323 g/mol. The summed E-state index contributed by atoms with van der Waals surface area (Å²) in [6.07, 6.45) is 0. The molecule has 0 amide bonds. The highest BCUT2D eigenvalue weighted by atomic mass is 32.2. The number of sulfonamides is 1. The van der Waals surface area contributed by atoms with Crippen molar-refractivity contribution < 1.29 is 17.4 Å². The van der Waals surface area contributed by atoms with E-state index in [2.05, 4.69) is 9.88 Å². The molecule has 0 atom stereocenters. The summed E-state index contributed by atoms with van der Waals surface area (Å²) in [5.74, 6) is 0.0530. The molecular formula is C13H13N3O5S. The van der Waals surface area contributed by atoms with Crippen LogP contribution in [0.5, 0.6) is 0 Å². The van der Waals surface area contributed by atoms with E-state index in [1.807, 2.05) is 0 Å². The maximum Gasteiger partial charge on any atom is 0.419 e. The maximum atomic E-state index is 12.3. The summed E-state index contributed by atoms with van der Waals surface area (Å²) < 4.78 is 38.1. The lowest BCUT2D eigenvalue weighted by atomic mass is 10.3. The van der Waals surface area contributed by atoms with Crippen LogP contribution < -0.4 is 10.5 Å². The van der Waals surface area contributed by atoms with E-state index < -0.39 is 15.8 Å². The van der Waals surface area contributed by atoms with Gasteiger partial charge in [0.15, 0.2) is 5.58 Å². The molecule has 0 saturated carbocycles. The van der Waals surface area contributed by atoms with Crippen LogP contribution in [0.15, 0.2) is 42.9 Å². The Morgan fingerprint density at radius 3 is 2.77 bits per heavy atom. The molecule has 0 radical (unpaired) electrons. The van der Waals surface area contributed by atoms with Gasteiger partial charge in [-0.15, -0.1) is 0 Å². The van der Waals surface area contributed by atoms with Crippen molar-refractivity contribution in [3.8, 4) is 0 Å². The van der Waals surface area contributed by atoms with Crippen molar-refractivity contribution in [2.24, 2.45) is 7.05 Å². The highest BCUT2D eigenvalue weighted by Crippen LogP contribution is 2.18. The molecule has 0 unspecified atom stereocenters. The third-order valence-electron chi connectivity index (χ3n) is 3.19. The number of oxazole rings is 1. The van der Waals surface area contributed by atoms with Crippen molar-refractivity contribution in [1.29, 1.82) is 0 Å². The van der Waals surface area contributed by atoms with Crippen molar-refractivity contribution in [3.63, 3.8) is 0 Å². The molecule has 3 rings (SSSR count). The van der Waals surface area contributed by atoms with Crippen LogP contribution >= 0.6 is 0 Å². The Balaban J connectivity index is 1.89. The van der Waals surface area contributed by atoms with E-state index in [0.717, 1.165) is 0 Å². The second-order valence-electron chi connectivity index (χ2n) is 4.81. The van der Waals surface area contributed by atoms with E-state index in [9.17, 15) is 13.2 Å². The Kier molecular flexibility index (Phi) is 3.38. The van der Waals surface area contributed by atoms with Crippen LogP contribution in [-0.2, 0) is 23.6 Å². The third-order valence-corrected chi connectivity index (χ3v) is 4.59. The number of benzene rings is 1. The topological polar surface area (TPSA) is 107 Å². The first-order chi connectivity index (χ1) is 10.4. The Morgan fingerprint density at radius 2 is 2.09 bits per heavy atom. The standard InChI is InChI=1S/C13H13N3O5S/c1-8-5-9(15-21-8)7-14-22(18,19)10-3-4-11-12(6-10)20-13(17)16(11)2/h3-6,14H,7H2,1-2H3. The quantitative estimate of drug-likeness (QED) is 0.764. The highest BCUT2D eigenvalue weighted by molar-refractivity contribution is 7.89. The van der Waals surface area contributed by atoms with Gasteiger partial charge in [0.2, 0.25) is 10.0 Å². The fourth-order valence-corrected chi connectivity index (χ4v) is 3.05. The summed E-state index contributed by atoms with van der Waals surface area (Å²) in [4.78, 5) is 11.4. The fraction of sp³-hybridized carbons (Fsp3) is 0.231. The smallest absolute Gasteiger partial charge is 0.408 e. The van der Waals surface area contributed by atoms with Crippen LogP contribution in [-0.4, -0.2) is 18.1 Å². The number of nitrogens with one attached hydrogen (secondary N) is 1. The number of fused-ring (bicyclic) bond motifs is 1. The lowest BCUT2D eigenvalue weighted by Crippen LogP contribution is -2.23. The number of rotatable bonds is 4. The molecule has 0 aliphatic heterocycles. The Morgan fingerprint density at radius 1 is 1.32 bits per heavy atom. The average Bonchev–Trinajstić information content (AvgIpc) is 3.01. The molecule has 2 heterocycles. The van der Waals surface area contributed by atoms with Gasteiger partial charge in [0.25, 0.3) is 0 Å². The monoisotopic (exact) mass is 323 g/mol. The highest BCUT2D eigenvalue weighted by Gasteiger charge is 2.17. The van der Waals surface area contributed by atoms with Crippen molar-refractivity contribution >= 4 is 21.1 Å². The van der Waals surface area contributed by atoms with Crippen LogP contribution in [0.25, 0.3) is 11.1 Å². The second-order valence-corrected chi connectivity index (χ2v) is 6.58. The Hall–Kier alpha value is -2.39. The molecule has 22 heavy (non-hydrogen) atoms. The number of nitrogens with zero attached hydrogens (tertiary/aromatic N) is 2. The lowest BCUT2D eigenvalue weighted by molar-refractivity contribution is 0.390. The predicted octanol–water partition coefficient (Wildman–Crippen LogP) is 0.906. The number of aryl methyl sites for hydroxylation is 2. The molecule has 0 saturated heterocycles. The van der Waals surface area contributed by atoms with Gasteiger partial charge in [0.05, 0.1) is 22.7 Å². The molecule has 8 nitrogen and oxygen atoms in total.